The van der Waals surface area contributed by atoms with Gasteiger partial charge in [0.15, 0.2) is 0 Å². The Kier molecular flexibility index (Phi) is 3.72. The van der Waals surface area contributed by atoms with Gasteiger partial charge in [0, 0.05) is 17.8 Å². The van der Waals surface area contributed by atoms with Crippen LogP contribution in [-0.2, 0) is 0 Å². The predicted molar refractivity (Wildman–Crippen MR) is 77.8 cm³/mol. The highest BCUT2D eigenvalue weighted by molar-refractivity contribution is 7.28. The third kappa shape index (κ3) is 2.62. The van der Waals surface area contributed by atoms with Crippen molar-refractivity contribution in [3.63, 3.8) is 0 Å². The lowest BCUT2D eigenvalue weighted by Crippen LogP contribution is -2.18. The van der Waals surface area contributed by atoms with E-state index in [0.29, 0.717) is 11.1 Å². The average Bonchev–Trinajstić information content (AvgIpc) is 2.65. The average molecular weight is 280 g/mol. The van der Waals surface area contributed by atoms with Gasteiger partial charge in [-0.3, -0.25) is 4.68 Å². The van der Waals surface area contributed by atoms with Crippen LogP contribution in [0.4, 0.5) is 0 Å². The molecule has 0 aliphatic heterocycles. The Labute approximate surface area is 112 Å². The fraction of sp³-hybridized carbons (Fsp3) is 0.250. The molecule has 17 heavy (non-hydrogen) atoms. The Morgan fingerprint density at radius 3 is 2.65 bits per heavy atom. The van der Waals surface area contributed by atoms with Crippen molar-refractivity contribution < 1.29 is 0 Å². The first-order valence-corrected chi connectivity index (χ1v) is 6.80. The van der Waals surface area contributed by atoms with E-state index >= 15 is 0 Å². The largest absolute Gasteiger partial charge is 0.268 e. The lowest BCUT2D eigenvalue weighted by molar-refractivity contribution is 0.534. The lowest BCUT2D eigenvalue weighted by atomic mass is 10.1. The van der Waals surface area contributed by atoms with Gasteiger partial charge in [-0.15, -0.1) is 9.24 Å². The Morgan fingerprint density at radius 2 is 2.12 bits per heavy atom. The molecule has 2 rings (SSSR count). The molecule has 0 bridgehead atoms. The van der Waals surface area contributed by atoms with E-state index in [2.05, 4.69) is 38.4 Å². The van der Waals surface area contributed by atoms with Crippen LogP contribution >= 0.6 is 20.8 Å². The van der Waals surface area contributed by atoms with Gasteiger partial charge >= 0.3 is 0 Å². The molecule has 1 aromatic heterocycles. The summed E-state index contributed by atoms with van der Waals surface area (Å²) in [5, 5.41) is 7.33. The molecule has 0 aliphatic carbocycles. The highest BCUT2D eigenvalue weighted by Gasteiger charge is 2.11. The highest BCUT2D eigenvalue weighted by Crippen LogP contribution is 2.26. The molecule has 1 aromatic carbocycles. The van der Waals surface area contributed by atoms with E-state index in [1.54, 1.807) is 0 Å². The summed E-state index contributed by atoms with van der Waals surface area (Å²) in [5.41, 5.74) is 1.84. The number of hydrogen-bond donors (Lipinski definition) is 0. The van der Waals surface area contributed by atoms with E-state index < -0.39 is 0 Å². The van der Waals surface area contributed by atoms with Crippen LogP contribution in [0.1, 0.15) is 19.9 Å². The van der Waals surface area contributed by atoms with Gasteiger partial charge in [-0.05, 0) is 19.2 Å². The predicted octanol–water partition coefficient (Wildman–Crippen LogP) is 2.08. The quantitative estimate of drug-likeness (QED) is 0.608. The summed E-state index contributed by atoms with van der Waals surface area (Å²) in [6, 6.07) is 6.38. The third-order valence-corrected chi connectivity index (χ3v) is 4.04. The van der Waals surface area contributed by atoms with E-state index in [0.717, 1.165) is 21.7 Å². The van der Waals surface area contributed by atoms with Crippen molar-refractivity contribution in [1.82, 2.24) is 9.78 Å². The maximum absolute atomic E-state index is 6.21. The topological polar surface area (TPSA) is 17.8 Å². The van der Waals surface area contributed by atoms with Crippen molar-refractivity contribution in [1.29, 1.82) is 0 Å². The van der Waals surface area contributed by atoms with Gasteiger partial charge in [-0.25, -0.2) is 0 Å². The lowest BCUT2D eigenvalue weighted by Gasteiger charge is -2.05. The van der Waals surface area contributed by atoms with Crippen molar-refractivity contribution >= 4 is 41.6 Å². The van der Waals surface area contributed by atoms with Gasteiger partial charge in [0.05, 0.1) is 15.3 Å². The summed E-state index contributed by atoms with van der Waals surface area (Å²) in [4.78, 5) is 0. The summed E-state index contributed by atoms with van der Waals surface area (Å²) in [5.74, 6) is 0. The second-order valence-corrected chi connectivity index (χ2v) is 5.77. The molecule has 0 N–H and O–H groups in total. The number of benzene rings is 1. The molecular weight excluding hydrogens is 267 g/mol. The molecule has 0 aliphatic rings. The molecule has 0 spiro atoms. The molecule has 1 unspecified atom stereocenters. The summed E-state index contributed by atoms with van der Waals surface area (Å²) in [6.07, 6.45) is 1.86. The summed E-state index contributed by atoms with van der Waals surface area (Å²) in [6.45, 7) is 4.16. The van der Waals surface area contributed by atoms with Crippen molar-refractivity contribution in [2.75, 3.05) is 0 Å². The smallest absolute Gasteiger partial charge is 0.111 e. The van der Waals surface area contributed by atoms with Gasteiger partial charge in [0.2, 0.25) is 0 Å². The van der Waals surface area contributed by atoms with Crippen LogP contribution in [0.25, 0.3) is 11.3 Å². The Balaban J connectivity index is 2.49. The fourth-order valence-electron chi connectivity index (χ4n) is 1.53. The van der Waals surface area contributed by atoms with Crippen LogP contribution in [0.2, 0.25) is 5.02 Å². The molecular formula is C12H13ClN2PSi. The molecule has 2 aromatic rings. The normalized spacial score (nSPS) is 11.2. The minimum absolute atomic E-state index is 0.310. The molecule has 5 heteroatoms. The summed E-state index contributed by atoms with van der Waals surface area (Å²) < 4.78 is 1.87. The van der Waals surface area contributed by atoms with Gasteiger partial charge < -0.3 is 0 Å². The van der Waals surface area contributed by atoms with Gasteiger partial charge in [0.25, 0.3) is 0 Å². The molecule has 3 radical (unpaired) electrons. The highest BCUT2D eigenvalue weighted by atomic mass is 35.5. The van der Waals surface area contributed by atoms with Crippen molar-refractivity contribution in [2.24, 2.45) is 0 Å². The van der Waals surface area contributed by atoms with Crippen LogP contribution in [-0.4, -0.2) is 20.0 Å². The molecule has 1 atom stereocenters. The third-order valence-electron chi connectivity index (χ3n) is 2.54. The zero-order chi connectivity index (χ0) is 12.6. The Morgan fingerprint density at radius 1 is 1.41 bits per heavy atom. The van der Waals surface area contributed by atoms with E-state index in [1.807, 2.05) is 29.1 Å². The van der Waals surface area contributed by atoms with Crippen molar-refractivity contribution in [2.45, 2.75) is 19.9 Å². The van der Waals surface area contributed by atoms with Crippen LogP contribution in [0.5, 0.6) is 0 Å². The number of halogens is 1. The van der Waals surface area contributed by atoms with Gasteiger partial charge in [-0.2, -0.15) is 5.10 Å². The molecule has 0 amide bonds. The maximum atomic E-state index is 6.21. The first kappa shape index (κ1) is 12.8. The number of aromatic nitrogens is 2. The maximum Gasteiger partial charge on any atom is 0.111 e. The standard InChI is InChI=1S/C12H13ClN2PSi/c1-7(2)15-6-9(13)12(14-15)8-3-4-10(16)11(17)5-8/h3-7H,16H2,1-2H3. The molecule has 0 fully saturated rings. The molecule has 87 valence electrons. The fourth-order valence-corrected chi connectivity index (χ4v) is 2.20. The molecule has 1 heterocycles. The zero-order valence-electron chi connectivity index (χ0n) is 9.74. The van der Waals surface area contributed by atoms with Crippen LogP contribution in [0.15, 0.2) is 24.4 Å². The van der Waals surface area contributed by atoms with Crippen LogP contribution < -0.4 is 10.5 Å². The summed E-state index contributed by atoms with van der Waals surface area (Å²) in [7, 11) is 6.23. The molecule has 2 nitrogen and oxygen atoms in total. The first-order chi connectivity index (χ1) is 7.99. The zero-order valence-corrected chi connectivity index (χ0v) is 12.6. The minimum Gasteiger partial charge on any atom is -0.268 e. The van der Waals surface area contributed by atoms with Crippen molar-refractivity contribution in [3.05, 3.63) is 29.4 Å². The van der Waals surface area contributed by atoms with E-state index in [9.17, 15) is 0 Å². The van der Waals surface area contributed by atoms with Crippen LogP contribution in [0, 0.1) is 0 Å². The van der Waals surface area contributed by atoms with E-state index in [4.69, 9.17) is 11.6 Å². The second-order valence-electron chi connectivity index (χ2n) is 4.20. The second kappa shape index (κ2) is 4.93. The number of rotatable bonds is 2. The summed E-state index contributed by atoms with van der Waals surface area (Å²) >= 11 is 6.21. The van der Waals surface area contributed by atoms with E-state index in [-0.39, 0.29) is 0 Å². The minimum atomic E-state index is 0.310. The number of hydrogen-bond acceptors (Lipinski definition) is 1. The van der Waals surface area contributed by atoms with Crippen LogP contribution in [0.3, 0.4) is 0 Å². The van der Waals surface area contributed by atoms with E-state index in [1.165, 1.54) is 0 Å². The molecule has 0 saturated carbocycles. The first-order valence-electron chi connectivity index (χ1n) is 5.35. The Hall–Kier alpha value is -0.633. The molecule has 0 saturated heterocycles. The van der Waals surface area contributed by atoms with Gasteiger partial charge in [0.1, 0.15) is 5.69 Å². The van der Waals surface area contributed by atoms with Crippen molar-refractivity contribution in [3.8, 4) is 11.3 Å². The number of nitrogens with zero attached hydrogens (tertiary/aromatic N) is 2. The van der Waals surface area contributed by atoms with Gasteiger partial charge in [-0.1, -0.05) is 35.0 Å². The monoisotopic (exact) mass is 279 g/mol. The SMILES string of the molecule is CC(C)n1cc(Cl)c(-c2ccc(P)c([Si])c2)n1. The Bertz CT molecular complexity index is 551.